The highest BCUT2D eigenvalue weighted by atomic mass is 79.9. The average molecular weight is 1980 g/mol. The van der Waals surface area contributed by atoms with Gasteiger partial charge in [0.05, 0.1) is 0 Å². The predicted molar refractivity (Wildman–Crippen MR) is 620 cm³/mol. The van der Waals surface area contributed by atoms with Crippen LogP contribution in [-0.2, 0) is 37.4 Å². The summed E-state index contributed by atoms with van der Waals surface area (Å²) >= 11 is 0. The van der Waals surface area contributed by atoms with Gasteiger partial charge in [0.1, 0.15) is 37.4 Å². The monoisotopic (exact) mass is 1980 g/mol. The minimum atomic E-state index is -1.99. The molecule has 3 nitrogen and oxygen atoms in total. The van der Waals surface area contributed by atoms with E-state index in [4.69, 9.17) is 0 Å². The summed E-state index contributed by atoms with van der Waals surface area (Å²) in [4.78, 5) is 0. The molecule has 2 aliphatic heterocycles. The van der Waals surface area contributed by atoms with E-state index in [0.717, 1.165) is 211 Å². The molecule has 0 aliphatic carbocycles. The van der Waals surface area contributed by atoms with Crippen molar-refractivity contribution in [2.24, 2.45) is 0 Å². The first kappa shape index (κ1) is 93.2. The molecule has 0 amide bonds. The fourth-order valence-electron chi connectivity index (χ4n) is 24.0. The SMILES string of the molecule is OC(c1cc(-c2ccccc2)cc(-c2ccccc2)c1)(c1cc(-c2ccccc2)cc(-c2ccccc2)c1)c1cccc2c1C[N+]1(Cc3cc(-c4cc(-c5ccccc5)cc(-c5ccccc5)c4)c4ccccc4c3-c3c(cc(-c4cc(-c5ccccc5)cc(-c5ccccc5)c4)c4ccccc34)C1)Cc1c-2cccc1C(O)(c1cc(-c2ccccc2)cc(-c2ccccc2)c1)c1cc(-c2ccccc2)cc(-c2ccccc2)c1.[Br-]. The highest BCUT2D eigenvalue weighted by Crippen LogP contribution is 2.57. The Morgan fingerprint density at radius 2 is 0.320 bits per heavy atom. The van der Waals surface area contributed by atoms with Crippen LogP contribution >= 0.6 is 0 Å². The number of aliphatic hydroxyl groups is 2. The summed E-state index contributed by atoms with van der Waals surface area (Å²) in [6.07, 6.45) is 0. The van der Waals surface area contributed by atoms with E-state index < -0.39 is 11.2 Å². The fourth-order valence-corrected chi connectivity index (χ4v) is 24.0. The van der Waals surface area contributed by atoms with Crippen LogP contribution in [0.5, 0.6) is 0 Å². The normalized spacial score (nSPS) is 12.5. The van der Waals surface area contributed by atoms with Gasteiger partial charge in [0.2, 0.25) is 0 Å². The Morgan fingerprint density at radius 3 is 0.520 bits per heavy atom. The number of hydrogen-bond acceptors (Lipinski definition) is 2. The first-order valence-electron chi connectivity index (χ1n) is 51.7. The van der Waals surface area contributed by atoms with Crippen molar-refractivity contribution in [3.63, 3.8) is 0 Å². The van der Waals surface area contributed by atoms with Crippen LogP contribution in [-0.4, -0.2) is 14.7 Å². The van der Waals surface area contributed by atoms with E-state index in [-0.39, 0.29) is 17.0 Å². The Balaban J connectivity index is 0.0000116. The molecule has 2 N–H and O–H groups in total. The van der Waals surface area contributed by atoms with E-state index >= 15 is 10.2 Å². The van der Waals surface area contributed by atoms with Crippen molar-refractivity contribution in [2.45, 2.75) is 37.4 Å². The summed E-state index contributed by atoms with van der Waals surface area (Å²) in [5, 5.41) is 38.3. The van der Waals surface area contributed by atoms with E-state index in [2.05, 4.69) is 570 Å². The van der Waals surface area contributed by atoms with Crippen molar-refractivity contribution in [2.75, 3.05) is 0 Å². The highest BCUT2D eigenvalue weighted by Gasteiger charge is 2.48. The maximum absolute atomic E-state index is 16.9. The third-order valence-electron chi connectivity index (χ3n) is 31.1. The minimum absolute atomic E-state index is 0. The molecule has 712 valence electrons. The van der Waals surface area contributed by atoms with Gasteiger partial charge < -0.3 is 31.7 Å². The summed E-state index contributed by atoms with van der Waals surface area (Å²) in [6.45, 7) is 1.65. The lowest BCUT2D eigenvalue weighted by Gasteiger charge is -2.41. The van der Waals surface area contributed by atoms with Crippen molar-refractivity contribution in [1.82, 2.24) is 0 Å². The molecule has 0 saturated carbocycles. The smallest absolute Gasteiger partial charge is 0.141 e. The zero-order valence-electron chi connectivity index (χ0n) is 82.8. The predicted octanol–water partition coefficient (Wildman–Crippen LogP) is 33.8. The van der Waals surface area contributed by atoms with E-state index in [0.29, 0.717) is 52.9 Å². The summed E-state index contributed by atoms with van der Waals surface area (Å²) in [5.74, 6) is 0. The zero-order chi connectivity index (χ0) is 99.4. The summed E-state index contributed by atoms with van der Waals surface area (Å²) in [6, 6.07) is 208. The van der Waals surface area contributed by atoms with Crippen LogP contribution in [0.3, 0.4) is 0 Å². The van der Waals surface area contributed by atoms with Crippen LogP contribution < -0.4 is 17.0 Å². The molecular formula is C146H104BrNO2. The molecule has 26 rings (SSSR count). The second kappa shape index (κ2) is 39.8. The third-order valence-corrected chi connectivity index (χ3v) is 31.1. The van der Waals surface area contributed by atoms with Crippen molar-refractivity contribution >= 4 is 21.5 Å². The van der Waals surface area contributed by atoms with Crippen molar-refractivity contribution in [3.05, 3.63) is 626 Å². The Morgan fingerprint density at radius 1 is 0.147 bits per heavy atom. The summed E-state index contributed by atoms with van der Waals surface area (Å²) in [5.41, 5.74) is 38.1. The van der Waals surface area contributed by atoms with Crippen LogP contribution in [0.25, 0.3) is 200 Å². The molecule has 24 aromatic rings. The molecule has 0 bridgehead atoms. The van der Waals surface area contributed by atoms with Crippen LogP contribution in [0, 0.1) is 0 Å². The molecule has 2 heterocycles. The third kappa shape index (κ3) is 17.5. The Hall–Kier alpha value is -17.8. The fraction of sp³-hybridized carbons (Fsp3) is 0.0411. The Bertz CT molecular complexity index is 8020. The zero-order valence-corrected chi connectivity index (χ0v) is 84.4. The maximum Gasteiger partial charge on any atom is 0.141 e. The molecule has 0 fully saturated rings. The van der Waals surface area contributed by atoms with Crippen molar-refractivity contribution in [3.8, 4) is 178 Å². The largest absolute Gasteiger partial charge is 1.00 e. The lowest BCUT2D eigenvalue weighted by molar-refractivity contribution is -0.978. The van der Waals surface area contributed by atoms with Gasteiger partial charge >= 0.3 is 0 Å². The van der Waals surface area contributed by atoms with Gasteiger partial charge in [-0.05, 0) is 343 Å². The van der Waals surface area contributed by atoms with E-state index in [1.165, 1.54) is 22.3 Å². The maximum atomic E-state index is 16.9. The lowest BCUT2D eigenvalue weighted by Crippen LogP contribution is -3.00. The number of hydrogen-bond donors (Lipinski definition) is 2. The molecule has 1 spiro atoms. The molecule has 0 atom stereocenters. The van der Waals surface area contributed by atoms with Gasteiger partial charge in [0.25, 0.3) is 0 Å². The summed E-state index contributed by atoms with van der Waals surface area (Å²) in [7, 11) is 0. The lowest BCUT2D eigenvalue weighted by atomic mass is 9.73. The molecule has 4 heteroatoms. The quantitative estimate of drug-likeness (QED) is 0.0590. The number of quaternary nitrogens is 1. The first-order chi connectivity index (χ1) is 73.5. The van der Waals surface area contributed by atoms with Gasteiger partial charge in [0, 0.05) is 33.4 Å². The van der Waals surface area contributed by atoms with E-state index in [1.54, 1.807) is 0 Å². The van der Waals surface area contributed by atoms with Gasteiger partial charge in [-0.1, -0.05) is 449 Å². The van der Waals surface area contributed by atoms with Gasteiger partial charge in [-0.2, -0.15) is 0 Å². The number of benzene rings is 24. The van der Waals surface area contributed by atoms with Crippen molar-refractivity contribution < 1.29 is 31.7 Å². The molecular weight excluding hydrogens is 1880 g/mol. The highest BCUT2D eigenvalue weighted by molar-refractivity contribution is 6.15. The molecule has 0 radical (unpaired) electrons. The molecule has 0 saturated heterocycles. The average Bonchev–Trinajstić information content (AvgIpc) is 1.53. The molecule has 2 aliphatic rings. The number of rotatable bonds is 20. The number of nitrogens with zero attached hydrogens (tertiary/aromatic N) is 1. The molecule has 24 aromatic carbocycles. The molecule has 0 aromatic heterocycles. The van der Waals surface area contributed by atoms with Gasteiger partial charge in [0.15, 0.2) is 0 Å². The number of fused-ring (bicyclic) bond motifs is 10. The van der Waals surface area contributed by atoms with Gasteiger partial charge in [-0.3, -0.25) is 0 Å². The van der Waals surface area contributed by atoms with Gasteiger partial charge in [-0.15, -0.1) is 0 Å². The van der Waals surface area contributed by atoms with Crippen LogP contribution in [0.4, 0.5) is 0 Å². The van der Waals surface area contributed by atoms with E-state index in [1.807, 2.05) is 0 Å². The molecule has 150 heavy (non-hydrogen) atoms. The standard InChI is InChI=1S/C146H104NO2.BrH/c148-145(127-85-115(103-51-21-5-22-52-103)77-116(86-127)104-53-23-6-24-54-104,128-87-117(105-55-25-7-26-56-105)78-118(88-128)106-57-27-8-28-58-106)141-73-41-71-131-132-72-42-74-142(146(149,129-89-119(107-59-29-9-30-60-107)79-120(90-129)108-61-31-10-32-62-108)130-91-121(109-63-33-11-34-64-109)80-122(92-130)110-65-35-12-36-66-110)140(132)98-147(97-139(131)141)95-125-93-137(123-81-111(99-43-13-1-14-44-99)75-112(82-123)100-45-15-2-16-46-100)133-67-37-39-69-135(133)143(125)144-126(96-147)94-138(134-68-38-40-70-136(134)144)124-83-113(101-47-17-3-18-48-101)76-114(84-124)102-49-19-4-20-50-102;/h1-94,148-149H,95-98H2;1H/q+1;/p-1. The number of halogens is 1. The van der Waals surface area contributed by atoms with Crippen LogP contribution in [0.15, 0.2) is 570 Å². The molecule has 0 unspecified atom stereocenters. The Labute approximate surface area is 887 Å². The first-order valence-corrected chi connectivity index (χ1v) is 51.7. The second-order valence-electron chi connectivity index (χ2n) is 40.3. The Kier molecular flexibility index (Phi) is 24.8. The van der Waals surface area contributed by atoms with Crippen LogP contribution in [0.2, 0.25) is 0 Å². The second-order valence-corrected chi connectivity index (χ2v) is 40.3. The van der Waals surface area contributed by atoms with Crippen LogP contribution in [0.1, 0.15) is 55.6 Å². The topological polar surface area (TPSA) is 40.5 Å². The summed E-state index contributed by atoms with van der Waals surface area (Å²) < 4.78 is 0.339. The van der Waals surface area contributed by atoms with Crippen molar-refractivity contribution in [1.29, 1.82) is 0 Å². The van der Waals surface area contributed by atoms with Gasteiger partial charge in [-0.25, -0.2) is 0 Å². The van der Waals surface area contributed by atoms with E-state index in [9.17, 15) is 0 Å². The minimum Gasteiger partial charge on any atom is -1.00 e.